The number of hydrogen-bond acceptors (Lipinski definition) is 0. The van der Waals surface area contributed by atoms with E-state index in [1.165, 1.54) is 82.8 Å². The molecule has 0 aliphatic heterocycles. The van der Waals surface area contributed by atoms with Gasteiger partial charge in [-0.05, 0) is 0 Å². The van der Waals surface area contributed by atoms with E-state index < -0.39 is 17.4 Å². The predicted octanol–water partition coefficient (Wildman–Crippen LogP) is 14.2. The first-order chi connectivity index (χ1) is 28.3. The molecule has 0 N–H and O–H groups in total. The van der Waals surface area contributed by atoms with Crippen molar-refractivity contribution in [1.82, 2.24) is 0 Å². The van der Waals surface area contributed by atoms with E-state index in [0.29, 0.717) is 0 Å². The molecular formula is C57H56Cl2SiZr. The molecule has 0 heterocycles. The summed E-state index contributed by atoms with van der Waals surface area (Å²) in [7, 11) is 0. The maximum Gasteiger partial charge on any atom is -0.147 e. The topological polar surface area (TPSA) is 0 Å². The first kappa shape index (κ1) is 43.4. The molecule has 0 bridgehead atoms. The van der Waals surface area contributed by atoms with Crippen molar-refractivity contribution in [3.8, 4) is 22.3 Å². The van der Waals surface area contributed by atoms with Crippen LogP contribution in [-0.2, 0) is 28.2 Å². The molecule has 0 radical (unpaired) electrons. The Morgan fingerprint density at radius 3 is 1.48 bits per heavy atom. The van der Waals surface area contributed by atoms with Crippen LogP contribution in [0.15, 0.2) is 176 Å². The molecule has 0 aromatic heterocycles. The molecule has 0 saturated heterocycles. The van der Waals surface area contributed by atoms with E-state index in [1.807, 2.05) is 0 Å². The summed E-state index contributed by atoms with van der Waals surface area (Å²) in [6, 6.07) is 66.4. The molecular weight excluding hydrogens is 875 g/mol. The van der Waals surface area contributed by atoms with Crippen molar-refractivity contribution < 1.29 is 17.4 Å². The largest absolute Gasteiger partial charge is 0.147 e. The Kier molecular flexibility index (Phi) is 11.0. The Morgan fingerprint density at radius 1 is 0.443 bits per heavy atom. The summed E-state index contributed by atoms with van der Waals surface area (Å²) >= 11 is -4.94. The van der Waals surface area contributed by atoms with Crippen molar-refractivity contribution in [2.45, 2.75) is 66.5 Å². The third kappa shape index (κ3) is 6.46. The molecule has 1 atom stereocenters. The van der Waals surface area contributed by atoms with Crippen molar-refractivity contribution in [2.75, 3.05) is 0 Å². The van der Waals surface area contributed by atoms with Crippen LogP contribution in [0, 0.1) is 0 Å². The molecule has 2 aliphatic carbocycles. The van der Waals surface area contributed by atoms with E-state index in [1.54, 1.807) is 6.54 Å². The van der Waals surface area contributed by atoms with Gasteiger partial charge in [0.05, 0.1) is 0 Å². The predicted molar refractivity (Wildman–Crippen MR) is 270 cm³/mol. The number of rotatable bonds is 5. The van der Waals surface area contributed by atoms with Gasteiger partial charge in [-0.1, -0.05) is 0 Å². The van der Waals surface area contributed by atoms with Crippen LogP contribution in [0.2, 0.25) is 0 Å². The zero-order valence-electron chi connectivity index (χ0n) is 36.4. The molecule has 8 aromatic carbocycles. The molecule has 4 heteroatoms. The first-order valence-corrected chi connectivity index (χ1v) is 32.7. The summed E-state index contributed by atoms with van der Waals surface area (Å²) < 4.78 is 3.52. The van der Waals surface area contributed by atoms with Crippen LogP contribution < -0.4 is 6.54 Å². The molecule has 2 aliphatic rings. The van der Waals surface area contributed by atoms with Crippen LogP contribution in [0.5, 0.6) is 0 Å². The Morgan fingerprint density at radius 2 is 0.934 bits per heavy atom. The third-order valence-corrected chi connectivity index (χ3v) is 42.0. The Bertz CT molecular complexity index is 2990. The van der Waals surface area contributed by atoms with E-state index in [4.69, 9.17) is 0 Å². The summed E-state index contributed by atoms with van der Waals surface area (Å²) in [5.74, 6) is 0. The van der Waals surface area contributed by atoms with Gasteiger partial charge < -0.3 is 0 Å². The van der Waals surface area contributed by atoms with Crippen molar-refractivity contribution in [2.24, 2.45) is 0 Å². The summed E-state index contributed by atoms with van der Waals surface area (Å²) in [4.78, 5) is 0. The summed E-state index contributed by atoms with van der Waals surface area (Å²) in [6.07, 6.45) is 2.74. The average Bonchev–Trinajstić information content (AvgIpc) is 3.78. The van der Waals surface area contributed by atoms with Crippen LogP contribution in [0.3, 0.4) is 0 Å². The van der Waals surface area contributed by atoms with Gasteiger partial charge in [0.2, 0.25) is 0 Å². The molecule has 1 unspecified atom stereocenters. The monoisotopic (exact) mass is 928 g/mol. The fourth-order valence-corrected chi connectivity index (χ4v) is 37.2. The molecule has 0 spiro atoms. The van der Waals surface area contributed by atoms with E-state index in [-0.39, 0.29) is 42.9 Å². The maximum atomic E-state index is 2.74. The van der Waals surface area contributed by atoms with Gasteiger partial charge in [-0.15, -0.1) is 24.8 Å². The van der Waals surface area contributed by atoms with E-state index in [9.17, 15) is 0 Å². The second-order valence-corrected chi connectivity index (χ2v) is 42.5. The standard InChI is InChI=1S/C24H17.C21H25.2C6H5.2ClH.H2Si.Zr/c1-16-13-14-17-8-6-12-22(24(16)17)23-15-18-7-2-3-9-19(18)20-10-4-5-11-21(20)23;1-20(2,3)16-7-9-18-14(12-16)11-15-13-17(21(4,5)6)8-10-19(15)18;2*1-2-4-6-5-3-1;;;;/h2-15H,1H3;7-13H,1-6H3;2*1-5H;2*1H;1H2;. The quantitative estimate of drug-likeness (QED) is 0.119. The van der Waals surface area contributed by atoms with E-state index >= 15 is 0 Å². The maximum absolute atomic E-state index is 4.94. The van der Waals surface area contributed by atoms with Crippen molar-refractivity contribution in [3.63, 3.8) is 0 Å². The summed E-state index contributed by atoms with van der Waals surface area (Å²) in [5, 5.41) is 5.22. The minimum Gasteiger partial charge on any atom is -0.147 e. The van der Waals surface area contributed by atoms with Crippen molar-refractivity contribution in [1.29, 1.82) is 0 Å². The normalized spacial score (nSPS) is 15.1. The van der Waals surface area contributed by atoms with E-state index in [0.717, 1.165) is 0 Å². The molecule has 61 heavy (non-hydrogen) atoms. The van der Waals surface area contributed by atoms with Crippen molar-refractivity contribution in [3.05, 3.63) is 209 Å². The number of benzene rings is 8. The Balaban J connectivity index is 0.00000257. The zero-order valence-corrected chi connectivity index (χ0v) is 41.9. The fourth-order valence-electron chi connectivity index (χ4n) is 11.3. The van der Waals surface area contributed by atoms with Gasteiger partial charge in [0.1, 0.15) is 0 Å². The second kappa shape index (κ2) is 15.5. The van der Waals surface area contributed by atoms with Gasteiger partial charge in [-0.25, -0.2) is 0 Å². The smallest absolute Gasteiger partial charge is 0.147 e. The van der Waals surface area contributed by atoms with Crippen LogP contribution in [0.25, 0.3) is 49.4 Å². The minimum absolute atomic E-state index is 0. The summed E-state index contributed by atoms with van der Waals surface area (Å²) in [5.41, 5.74) is 15.6. The van der Waals surface area contributed by atoms with Crippen LogP contribution in [0.4, 0.5) is 0 Å². The molecule has 8 aromatic rings. The van der Waals surface area contributed by atoms with Crippen LogP contribution >= 0.6 is 24.8 Å². The first-order valence-electron chi connectivity index (χ1n) is 21.4. The molecule has 0 amide bonds. The van der Waals surface area contributed by atoms with Crippen molar-refractivity contribution >= 4 is 65.4 Å². The zero-order chi connectivity index (χ0) is 40.9. The Labute approximate surface area is 377 Å². The molecule has 0 saturated carbocycles. The number of fused-ring (bicyclic) bond motifs is 7. The number of allylic oxidation sites excluding steroid dienone is 2. The molecule has 10 rings (SSSR count). The summed E-state index contributed by atoms with van der Waals surface area (Å²) in [6.45, 7) is 19.1. The van der Waals surface area contributed by atoms with Gasteiger partial charge in [-0.3, -0.25) is 0 Å². The van der Waals surface area contributed by atoms with Gasteiger partial charge >= 0.3 is 356 Å². The third-order valence-electron chi connectivity index (χ3n) is 14.3. The van der Waals surface area contributed by atoms with Crippen LogP contribution in [0.1, 0.15) is 89.1 Å². The second-order valence-electron chi connectivity index (χ2n) is 19.7. The number of hydrogen-bond donors (Lipinski definition) is 0. The van der Waals surface area contributed by atoms with Gasteiger partial charge in [0.15, 0.2) is 0 Å². The molecule has 306 valence electrons. The van der Waals surface area contributed by atoms with Gasteiger partial charge in [0, 0.05) is 0 Å². The number of halogens is 2. The van der Waals surface area contributed by atoms with Gasteiger partial charge in [0.25, 0.3) is 0 Å². The average molecular weight is 931 g/mol. The van der Waals surface area contributed by atoms with Crippen LogP contribution in [-0.4, -0.2) is 6.88 Å². The Hall–Kier alpha value is -4.30. The van der Waals surface area contributed by atoms with Gasteiger partial charge in [-0.2, -0.15) is 0 Å². The fraction of sp³-hybridized carbons (Fsp3) is 0.193. The SMILES string of the molecule is CC1=C[CH]([Zr](=[SiH2])([c]2ccccc2)([c]2ccccc2)[CH]2c3cc(C(C)(C)C)ccc3-c3ccc(C(C)(C)C)cc32)c2cccc(-c3cc4ccccc4c4ccccc34)c21.Cl.Cl. The molecule has 0 nitrogen and oxygen atoms in total. The van der Waals surface area contributed by atoms with E-state index in [2.05, 4.69) is 231 Å². The molecule has 0 fully saturated rings. The minimum atomic E-state index is -4.94.